The van der Waals surface area contributed by atoms with Gasteiger partial charge in [0.15, 0.2) is 16.3 Å². The molecule has 8 rings (SSSR count). The topological polar surface area (TPSA) is 487 Å². The van der Waals surface area contributed by atoms with E-state index in [4.69, 9.17) is 35.5 Å². The minimum atomic E-state index is -4.63. The zero-order valence-corrected chi connectivity index (χ0v) is 63.1. The molecule has 0 bridgehead atoms. The lowest BCUT2D eigenvalue weighted by atomic mass is 9.81. The second-order valence-electron chi connectivity index (χ2n) is 25.9. The SMILES string of the molecule is CC1(C)C(/C=C/C=C2/N(CCCCCC(=O)O)c3ccc(S(=O)(=O)O)cc3C2(C)C)=[N+](CCCS(=O)(=O)[O-])c2cccc(S(=O)(=O)O)c21.CC1(C)C(/C=C/C=C2/N(CCCCCC(=O)O)c3ccc(S(=O)(=O)O)cc3C2(C)C)=[N+](CCCS[O-])c2c1cccc2S(=O)(=O)O.O=S(=O)=O.O=S(=O)=O. The van der Waals surface area contributed by atoms with Gasteiger partial charge in [0.05, 0.1) is 36.3 Å². The van der Waals surface area contributed by atoms with E-state index in [1.54, 1.807) is 54.8 Å². The lowest BCUT2D eigenvalue weighted by Crippen LogP contribution is -2.29. The van der Waals surface area contributed by atoms with Gasteiger partial charge in [0.2, 0.25) is 11.4 Å². The number of anilines is 2. The van der Waals surface area contributed by atoms with Gasteiger partial charge < -0.3 is 29.1 Å². The zero-order valence-electron chi connectivity index (χ0n) is 56.6. The molecule has 30 nitrogen and oxygen atoms in total. The van der Waals surface area contributed by atoms with E-state index in [-0.39, 0.29) is 45.4 Å². The predicted octanol–water partition coefficient (Wildman–Crippen LogP) is 8.06. The Balaban J connectivity index is 0.000000332. The number of carboxylic acids is 2. The van der Waals surface area contributed by atoms with E-state index in [0.29, 0.717) is 116 Å². The lowest BCUT2D eigenvalue weighted by Gasteiger charge is -2.27. The number of rotatable bonds is 28. The summed E-state index contributed by atoms with van der Waals surface area (Å²) in [6.45, 7) is 16.6. The van der Waals surface area contributed by atoms with Gasteiger partial charge in [-0.15, -0.1) is 25.3 Å². The number of benzene rings is 4. The maximum Gasteiger partial charge on any atom is 0.425 e. The second kappa shape index (κ2) is 34.2. The second-order valence-corrected chi connectivity index (χ2v) is 34.5. The van der Waals surface area contributed by atoms with Crippen molar-refractivity contribution in [2.24, 2.45) is 0 Å². The molecule has 0 saturated carbocycles. The Hall–Kier alpha value is -7.18. The Labute approximate surface area is 600 Å². The van der Waals surface area contributed by atoms with Crippen LogP contribution >= 0.6 is 12.0 Å². The van der Waals surface area contributed by atoms with Crippen molar-refractivity contribution in [3.63, 3.8) is 0 Å². The third-order valence-electron chi connectivity index (χ3n) is 17.5. The van der Waals surface area contributed by atoms with E-state index >= 15 is 0 Å². The summed E-state index contributed by atoms with van der Waals surface area (Å²) >= 11 is 0.450. The van der Waals surface area contributed by atoms with E-state index in [1.165, 1.54) is 42.5 Å². The van der Waals surface area contributed by atoms with Crippen LogP contribution in [-0.4, -0.2) is 175 Å². The van der Waals surface area contributed by atoms with Crippen LogP contribution in [0.25, 0.3) is 0 Å². The Morgan fingerprint density at radius 2 is 0.922 bits per heavy atom. The van der Waals surface area contributed by atoms with Crippen molar-refractivity contribution in [2.45, 2.75) is 161 Å². The fraction of sp³-hybridized carbons (Fsp3) is 0.438. The van der Waals surface area contributed by atoms with Crippen molar-refractivity contribution in [3.05, 3.63) is 143 Å². The fourth-order valence-electron chi connectivity index (χ4n) is 13.1. The minimum absolute atomic E-state index is 0.0377. The molecule has 0 radical (unpaired) electrons. The van der Waals surface area contributed by atoms with Gasteiger partial charge in [0.1, 0.15) is 18.0 Å². The molecule has 0 aromatic heterocycles. The number of carbonyl (C=O) groups is 2. The van der Waals surface area contributed by atoms with Crippen molar-refractivity contribution in [2.75, 3.05) is 47.5 Å². The molecule has 0 saturated heterocycles. The van der Waals surface area contributed by atoms with Gasteiger partial charge in [-0.25, -0.2) is 8.42 Å². The zero-order chi connectivity index (χ0) is 77.1. The fourth-order valence-corrected chi connectivity index (χ4v) is 16.4. The largest absolute Gasteiger partial charge is 0.799 e. The first-order chi connectivity index (χ1) is 46.9. The van der Waals surface area contributed by atoms with Gasteiger partial charge in [0, 0.05) is 102 Å². The minimum Gasteiger partial charge on any atom is -0.799 e. The molecule has 4 aromatic rings. The molecule has 102 heavy (non-hydrogen) atoms. The van der Waals surface area contributed by atoms with Crippen molar-refractivity contribution in [1.29, 1.82) is 0 Å². The number of nitrogens with zero attached hydrogens (tertiary/aromatic N) is 4. The monoisotopic (exact) mass is 1580 g/mol. The summed E-state index contributed by atoms with van der Waals surface area (Å²) in [5.41, 5.74) is 4.65. The molecule has 38 heteroatoms. The molecule has 4 heterocycles. The number of hydrogen-bond acceptors (Lipinski definition) is 23. The maximum atomic E-state index is 12.4. The molecule has 0 aliphatic carbocycles. The van der Waals surface area contributed by atoms with Crippen LogP contribution < -0.4 is 9.80 Å². The van der Waals surface area contributed by atoms with Crippen molar-refractivity contribution >= 4 is 130 Å². The Kier molecular flexibility index (Phi) is 28.6. The van der Waals surface area contributed by atoms with E-state index in [2.05, 4.69) is 4.90 Å². The van der Waals surface area contributed by atoms with E-state index in [1.807, 2.05) is 81.4 Å². The van der Waals surface area contributed by atoms with Gasteiger partial charge in [-0.1, -0.05) is 70.9 Å². The van der Waals surface area contributed by atoms with Crippen LogP contribution in [-0.2, 0) is 103 Å². The van der Waals surface area contributed by atoms with Crippen molar-refractivity contribution in [1.82, 2.24) is 0 Å². The number of hydrogen-bond donors (Lipinski definition) is 6. The highest BCUT2D eigenvalue weighted by atomic mass is 32.2. The Morgan fingerprint density at radius 3 is 1.32 bits per heavy atom. The molecule has 4 aliphatic heterocycles. The average molecular weight is 1580 g/mol. The quantitative estimate of drug-likeness (QED) is 0.0135. The first kappa shape index (κ1) is 85.5. The summed E-state index contributed by atoms with van der Waals surface area (Å²) in [7, 11) is -28.8. The molecule has 0 unspecified atom stereocenters. The first-order valence-electron chi connectivity index (χ1n) is 31.2. The average Bonchev–Trinajstić information content (AvgIpc) is 1.59. The van der Waals surface area contributed by atoms with Gasteiger partial charge in [-0.05, 0) is 131 Å². The molecule has 4 aliphatic rings. The highest BCUT2D eigenvalue weighted by Crippen LogP contribution is 2.51. The standard InChI is InChI=1S/C32H40N2O11S3.C32H40N2O9S3.2O3S/c1-31(2)23-21-22(47(40,41)42)16-17-24(23)33(18-7-5-6-15-29(35)36)27(31)13-9-14-28-32(3,4)30-25(11-8-12-26(30)48(43,44)45)34(28)19-10-20-46(37,38)39;1-31(2)23-11-8-12-26(46(41,42)43)30(23)34(19-10-20-44-37)28(31)14-9-13-27-32(3,4)24-21-22(45(38,39)40)16-17-25(24)33(27)18-7-5-6-15-29(35)36;2*1-4(2)3/h8-9,11-14,16-17,21H,5-7,10,15,18-20H2,1-4H3,(H3-,35,36,37,38,39,40,41,42,43,44,45);8-9,11-14,16-17,21H,5-7,10,15,18-20H2,1-4H3,(H3-,35,36,37,38,39,40,41,42,43);;. The number of aliphatic carboxylic acids is 2. The molecular weight excluding hydrogens is 1500 g/mol. The predicted molar refractivity (Wildman–Crippen MR) is 374 cm³/mol. The number of para-hydroxylation sites is 1. The number of unbranched alkanes of at least 4 members (excludes halogenated alkanes) is 4. The molecule has 560 valence electrons. The number of allylic oxidation sites excluding steroid dienone is 8. The van der Waals surface area contributed by atoms with Crippen LogP contribution in [0.2, 0.25) is 0 Å². The summed E-state index contributed by atoms with van der Waals surface area (Å²) in [5.74, 6) is -2.04. The highest BCUT2D eigenvalue weighted by molar-refractivity contribution is 7.93. The lowest BCUT2D eigenvalue weighted by molar-refractivity contribution is -0.440. The van der Waals surface area contributed by atoms with Crippen LogP contribution in [0.5, 0.6) is 0 Å². The molecule has 0 amide bonds. The van der Waals surface area contributed by atoms with Gasteiger partial charge >= 0.3 is 43.3 Å². The molecule has 4 aromatic carbocycles. The summed E-state index contributed by atoms with van der Waals surface area (Å²) < 4.78 is 237. The molecule has 0 fully saturated rings. The van der Waals surface area contributed by atoms with Crippen LogP contribution in [0.1, 0.15) is 142 Å². The smallest absolute Gasteiger partial charge is 0.425 e. The Bertz CT molecular complexity index is 4910. The summed E-state index contributed by atoms with van der Waals surface area (Å²) in [4.78, 5) is 25.1. The van der Waals surface area contributed by atoms with E-state index in [9.17, 15) is 79.0 Å². The molecule has 0 atom stereocenters. The van der Waals surface area contributed by atoms with Crippen LogP contribution in [0.4, 0.5) is 22.7 Å². The maximum absolute atomic E-state index is 12.4. The Morgan fingerprint density at radius 1 is 0.510 bits per heavy atom. The summed E-state index contributed by atoms with van der Waals surface area (Å²) in [6, 6.07) is 18.1. The summed E-state index contributed by atoms with van der Waals surface area (Å²) in [5, 5.41) is 18.0. The molecule has 6 N–H and O–H groups in total. The normalized spacial score (nSPS) is 17.2. The summed E-state index contributed by atoms with van der Waals surface area (Å²) in [6.07, 6.45) is 15.2. The third kappa shape index (κ3) is 21.5. The van der Waals surface area contributed by atoms with E-state index < -0.39 is 111 Å². The van der Waals surface area contributed by atoms with Crippen LogP contribution in [0.15, 0.2) is 140 Å². The van der Waals surface area contributed by atoms with Crippen LogP contribution in [0.3, 0.4) is 0 Å². The van der Waals surface area contributed by atoms with Gasteiger partial charge in [-0.2, -0.15) is 42.8 Å². The molecule has 0 spiro atoms. The third-order valence-corrected chi connectivity index (χ3v) is 22.3. The number of fused-ring (bicyclic) bond motifs is 4. The highest BCUT2D eigenvalue weighted by Gasteiger charge is 2.50. The van der Waals surface area contributed by atoms with E-state index in [0.717, 1.165) is 34.0 Å². The van der Waals surface area contributed by atoms with Crippen LogP contribution in [0, 0.1) is 0 Å². The van der Waals surface area contributed by atoms with Gasteiger partial charge in [-0.3, -0.25) is 39.8 Å². The van der Waals surface area contributed by atoms with Crippen molar-refractivity contribution in [3.8, 4) is 0 Å². The van der Waals surface area contributed by atoms with Crippen molar-refractivity contribution < 1.29 is 124 Å². The molecular formula is C64H80N4O26S8. The number of carboxylic acid groups (broad SMARTS) is 2. The first-order valence-corrected chi connectivity index (χ1v) is 41.4. The van der Waals surface area contributed by atoms with Gasteiger partial charge in [0.25, 0.3) is 30.4 Å².